The zero-order valence-corrected chi connectivity index (χ0v) is 9.83. The molecule has 0 saturated heterocycles. The molecule has 0 radical (unpaired) electrons. The van der Waals surface area contributed by atoms with Crippen LogP contribution >= 0.6 is 17.7 Å². The number of rotatable bonds is 7. The summed E-state index contributed by atoms with van der Waals surface area (Å²) in [5.41, 5.74) is 0. The minimum absolute atomic E-state index is 0.709. The summed E-state index contributed by atoms with van der Waals surface area (Å²) in [5.74, 6) is 0. The van der Waals surface area contributed by atoms with Crippen LogP contribution in [-0.4, -0.2) is 12.8 Å². The van der Waals surface area contributed by atoms with Gasteiger partial charge in [-0.1, -0.05) is 50.3 Å². The molecule has 0 saturated carbocycles. The van der Waals surface area contributed by atoms with E-state index in [0.29, 0.717) is 6.16 Å². The van der Waals surface area contributed by atoms with Gasteiger partial charge in [0, 0.05) is 12.8 Å². The average Bonchev–Trinajstić information content (AvgIpc) is 1.94. The fraction of sp³-hybridized carbons (Fsp3) is 1.00. The zero-order valence-electron chi connectivity index (χ0n) is 8.18. The summed E-state index contributed by atoms with van der Waals surface area (Å²) in [6.07, 6.45) is 8.11. The van der Waals surface area contributed by atoms with E-state index in [2.05, 4.69) is 6.92 Å². The maximum absolute atomic E-state index is 11.1. The van der Waals surface area contributed by atoms with Crippen LogP contribution in [0.15, 0.2) is 0 Å². The second kappa shape index (κ2) is 6.97. The monoisotopic (exact) mass is 210 g/mol. The van der Waals surface area contributed by atoms with Gasteiger partial charge >= 0.3 is 0 Å². The second-order valence-corrected chi connectivity index (χ2v) is 8.04. The molecule has 0 aliphatic rings. The second-order valence-electron chi connectivity index (χ2n) is 3.48. The Morgan fingerprint density at radius 3 is 2.08 bits per heavy atom. The first-order chi connectivity index (χ1) is 5.56. The van der Waals surface area contributed by atoms with Crippen LogP contribution in [0.25, 0.3) is 0 Å². The molecular formula is C9H20ClOP. The maximum Gasteiger partial charge on any atom is 0.166 e. The molecule has 1 unspecified atom stereocenters. The predicted molar refractivity (Wildman–Crippen MR) is 57.6 cm³/mol. The van der Waals surface area contributed by atoms with Crippen LogP contribution in [0.1, 0.15) is 45.4 Å². The first-order valence-electron chi connectivity index (χ1n) is 4.82. The van der Waals surface area contributed by atoms with Crippen molar-refractivity contribution < 1.29 is 4.57 Å². The Morgan fingerprint density at radius 1 is 1.08 bits per heavy atom. The van der Waals surface area contributed by atoms with Gasteiger partial charge in [0.05, 0.1) is 0 Å². The predicted octanol–water partition coefficient (Wildman–Crippen LogP) is 4.49. The molecule has 0 aromatic heterocycles. The Hall–Kier alpha value is 0.520. The van der Waals surface area contributed by atoms with Gasteiger partial charge in [-0.15, -0.1) is 0 Å². The number of hydrogen-bond acceptors (Lipinski definition) is 1. The molecule has 0 amide bonds. The molecule has 0 aromatic rings. The molecule has 0 spiro atoms. The van der Waals surface area contributed by atoms with Crippen molar-refractivity contribution >= 4 is 17.7 Å². The molecule has 1 nitrogen and oxygen atoms in total. The number of hydrogen-bond donors (Lipinski definition) is 0. The van der Waals surface area contributed by atoms with E-state index in [-0.39, 0.29) is 0 Å². The van der Waals surface area contributed by atoms with Gasteiger partial charge < -0.3 is 4.57 Å². The molecular weight excluding hydrogens is 191 g/mol. The molecule has 0 aliphatic heterocycles. The third-order valence-electron chi connectivity index (χ3n) is 1.91. The fourth-order valence-corrected chi connectivity index (χ4v) is 2.32. The van der Waals surface area contributed by atoms with E-state index in [1.54, 1.807) is 6.66 Å². The molecule has 0 N–H and O–H groups in total. The van der Waals surface area contributed by atoms with Gasteiger partial charge in [-0.05, 0) is 6.42 Å². The summed E-state index contributed by atoms with van der Waals surface area (Å²) >= 11 is 5.63. The first-order valence-corrected chi connectivity index (χ1v) is 8.07. The van der Waals surface area contributed by atoms with E-state index in [0.717, 1.165) is 6.42 Å². The molecule has 0 fully saturated rings. The van der Waals surface area contributed by atoms with Gasteiger partial charge in [-0.25, -0.2) is 0 Å². The van der Waals surface area contributed by atoms with Gasteiger partial charge in [-0.2, -0.15) is 0 Å². The summed E-state index contributed by atoms with van der Waals surface area (Å²) in [4.78, 5) is 0. The highest BCUT2D eigenvalue weighted by molar-refractivity contribution is 7.88. The Bertz CT molecular complexity index is 141. The highest BCUT2D eigenvalue weighted by Gasteiger charge is 2.08. The first kappa shape index (κ1) is 12.5. The largest absolute Gasteiger partial charge is 0.307 e. The van der Waals surface area contributed by atoms with E-state index in [9.17, 15) is 4.57 Å². The molecule has 0 heterocycles. The van der Waals surface area contributed by atoms with E-state index in [4.69, 9.17) is 11.2 Å². The van der Waals surface area contributed by atoms with E-state index < -0.39 is 6.49 Å². The number of unbranched alkanes of at least 4 members (excludes halogenated alkanes) is 5. The van der Waals surface area contributed by atoms with Crippen LogP contribution in [0.5, 0.6) is 0 Å². The quantitative estimate of drug-likeness (QED) is 0.447. The highest BCUT2D eigenvalue weighted by Crippen LogP contribution is 2.47. The van der Waals surface area contributed by atoms with Crippen LogP contribution in [-0.2, 0) is 4.57 Å². The van der Waals surface area contributed by atoms with Crippen molar-refractivity contribution in [1.29, 1.82) is 0 Å². The lowest BCUT2D eigenvalue weighted by Crippen LogP contribution is -1.84. The van der Waals surface area contributed by atoms with E-state index in [1.165, 1.54) is 32.1 Å². The van der Waals surface area contributed by atoms with Crippen LogP contribution in [0, 0.1) is 0 Å². The molecule has 0 rings (SSSR count). The van der Waals surface area contributed by atoms with Crippen molar-refractivity contribution in [3.8, 4) is 0 Å². The highest BCUT2D eigenvalue weighted by atomic mass is 35.7. The van der Waals surface area contributed by atoms with Crippen molar-refractivity contribution in [1.82, 2.24) is 0 Å². The summed E-state index contributed by atoms with van der Waals surface area (Å²) in [7, 11) is 0. The van der Waals surface area contributed by atoms with Crippen molar-refractivity contribution in [3.63, 3.8) is 0 Å². The van der Waals surface area contributed by atoms with Crippen LogP contribution < -0.4 is 0 Å². The minimum atomic E-state index is -2.25. The zero-order chi connectivity index (χ0) is 9.45. The summed E-state index contributed by atoms with van der Waals surface area (Å²) in [6.45, 7) is 1.61. The smallest absolute Gasteiger partial charge is 0.166 e. The summed E-state index contributed by atoms with van der Waals surface area (Å²) in [5, 5.41) is 0. The standard InChI is InChI=1S/C9H20ClOP/c1-3-4-5-6-7-8-9-12(2,10)11/h3-9H2,1-2H3. The van der Waals surface area contributed by atoms with Gasteiger partial charge in [0.15, 0.2) is 6.49 Å². The topological polar surface area (TPSA) is 17.1 Å². The number of halogens is 1. The summed E-state index contributed by atoms with van der Waals surface area (Å²) < 4.78 is 11.1. The van der Waals surface area contributed by atoms with E-state index >= 15 is 0 Å². The molecule has 3 heteroatoms. The normalized spacial score (nSPS) is 15.9. The third kappa shape index (κ3) is 10.5. The molecule has 12 heavy (non-hydrogen) atoms. The Morgan fingerprint density at radius 2 is 1.58 bits per heavy atom. The van der Waals surface area contributed by atoms with Crippen molar-refractivity contribution in [2.75, 3.05) is 12.8 Å². The molecule has 0 aliphatic carbocycles. The van der Waals surface area contributed by atoms with Crippen molar-refractivity contribution in [3.05, 3.63) is 0 Å². The minimum Gasteiger partial charge on any atom is -0.307 e. The molecule has 0 aromatic carbocycles. The molecule has 74 valence electrons. The average molecular weight is 211 g/mol. The van der Waals surface area contributed by atoms with Crippen LogP contribution in [0.4, 0.5) is 0 Å². The van der Waals surface area contributed by atoms with Gasteiger partial charge in [0.1, 0.15) is 0 Å². The van der Waals surface area contributed by atoms with Gasteiger partial charge in [0.2, 0.25) is 0 Å². The third-order valence-corrected chi connectivity index (χ3v) is 3.53. The lowest BCUT2D eigenvalue weighted by atomic mass is 10.1. The Kier molecular flexibility index (Phi) is 7.28. The van der Waals surface area contributed by atoms with Crippen LogP contribution in [0.2, 0.25) is 0 Å². The van der Waals surface area contributed by atoms with E-state index in [1.807, 2.05) is 0 Å². The van der Waals surface area contributed by atoms with Crippen LogP contribution in [0.3, 0.4) is 0 Å². The fourth-order valence-electron chi connectivity index (χ4n) is 1.17. The molecule has 1 atom stereocenters. The lowest BCUT2D eigenvalue weighted by Gasteiger charge is -2.03. The van der Waals surface area contributed by atoms with Gasteiger partial charge in [-0.3, -0.25) is 0 Å². The lowest BCUT2D eigenvalue weighted by molar-refractivity contribution is 0.580. The Balaban J connectivity index is 3.06. The molecule has 0 bridgehead atoms. The van der Waals surface area contributed by atoms with Crippen molar-refractivity contribution in [2.45, 2.75) is 45.4 Å². The SMILES string of the molecule is CCCCCCCCP(C)(=O)Cl. The summed E-state index contributed by atoms with van der Waals surface area (Å²) in [6, 6.07) is 0. The van der Waals surface area contributed by atoms with Crippen molar-refractivity contribution in [2.24, 2.45) is 0 Å². The maximum atomic E-state index is 11.1. The Labute approximate surface area is 81.0 Å². The van der Waals surface area contributed by atoms with Gasteiger partial charge in [0.25, 0.3) is 0 Å².